The van der Waals surface area contributed by atoms with Crippen molar-refractivity contribution in [1.82, 2.24) is 4.90 Å². The van der Waals surface area contributed by atoms with Gasteiger partial charge in [-0.15, -0.1) is 0 Å². The standard InChI is InChI=1S/C19H27N3O4S/c1-11(2)20-19-22(12(3)4)18(24)16(27-19)10-17(23)21-14-8-7-13(25-5)9-15(14)26-6/h7-9,11-12,16H,10H2,1-6H3,(H,21,23). The monoisotopic (exact) mass is 393 g/mol. The van der Waals surface area contributed by atoms with Crippen LogP contribution in [0.5, 0.6) is 11.5 Å². The molecule has 1 aliphatic heterocycles. The van der Waals surface area contributed by atoms with Gasteiger partial charge in [-0.25, -0.2) is 0 Å². The zero-order valence-corrected chi connectivity index (χ0v) is 17.4. The number of rotatable bonds is 7. The third-order valence-corrected chi connectivity index (χ3v) is 5.07. The number of anilines is 1. The first-order valence-electron chi connectivity index (χ1n) is 8.86. The summed E-state index contributed by atoms with van der Waals surface area (Å²) < 4.78 is 10.5. The summed E-state index contributed by atoms with van der Waals surface area (Å²) in [6, 6.07) is 5.22. The summed E-state index contributed by atoms with van der Waals surface area (Å²) in [5.41, 5.74) is 0.538. The molecule has 1 N–H and O–H groups in total. The number of carbonyl (C=O) groups is 2. The summed E-state index contributed by atoms with van der Waals surface area (Å²) in [4.78, 5) is 31.5. The van der Waals surface area contributed by atoms with Gasteiger partial charge in [0, 0.05) is 24.6 Å². The Kier molecular flexibility index (Phi) is 7.12. The van der Waals surface area contributed by atoms with Crippen LogP contribution in [-0.2, 0) is 9.59 Å². The van der Waals surface area contributed by atoms with Gasteiger partial charge in [0.05, 0.1) is 19.9 Å². The van der Waals surface area contributed by atoms with Crippen molar-refractivity contribution >= 4 is 34.4 Å². The third-order valence-electron chi connectivity index (χ3n) is 3.91. The molecule has 0 saturated carbocycles. The van der Waals surface area contributed by atoms with Crippen LogP contribution in [-0.4, -0.2) is 53.4 Å². The zero-order valence-electron chi connectivity index (χ0n) is 16.6. The molecule has 0 bridgehead atoms. The van der Waals surface area contributed by atoms with E-state index in [4.69, 9.17) is 9.47 Å². The van der Waals surface area contributed by atoms with E-state index in [0.29, 0.717) is 22.4 Å². The molecule has 0 radical (unpaired) electrons. The van der Waals surface area contributed by atoms with E-state index in [2.05, 4.69) is 10.3 Å². The molecule has 0 aliphatic carbocycles. The van der Waals surface area contributed by atoms with Gasteiger partial charge in [-0.3, -0.25) is 19.5 Å². The highest BCUT2D eigenvalue weighted by Crippen LogP contribution is 2.33. The van der Waals surface area contributed by atoms with E-state index in [-0.39, 0.29) is 30.3 Å². The molecule has 1 saturated heterocycles. The molecule has 2 rings (SSSR count). The molecular formula is C19H27N3O4S. The van der Waals surface area contributed by atoms with Crippen LogP contribution < -0.4 is 14.8 Å². The SMILES string of the molecule is COc1ccc(NC(=O)CC2SC(=NC(C)C)N(C(C)C)C2=O)c(OC)c1. The molecular weight excluding hydrogens is 366 g/mol. The van der Waals surface area contributed by atoms with Gasteiger partial charge in [0.1, 0.15) is 16.7 Å². The van der Waals surface area contributed by atoms with Crippen molar-refractivity contribution in [3.63, 3.8) is 0 Å². The zero-order chi connectivity index (χ0) is 20.1. The number of benzene rings is 1. The van der Waals surface area contributed by atoms with Crippen molar-refractivity contribution in [3.05, 3.63) is 18.2 Å². The normalized spacial score (nSPS) is 18.5. The van der Waals surface area contributed by atoms with Gasteiger partial charge in [-0.1, -0.05) is 11.8 Å². The summed E-state index contributed by atoms with van der Waals surface area (Å²) in [6.07, 6.45) is 0.0685. The molecule has 1 atom stereocenters. The summed E-state index contributed by atoms with van der Waals surface area (Å²) in [5, 5.41) is 3.02. The number of methoxy groups -OCH3 is 2. The summed E-state index contributed by atoms with van der Waals surface area (Å²) >= 11 is 1.35. The van der Waals surface area contributed by atoms with Crippen LogP contribution in [0.1, 0.15) is 34.1 Å². The van der Waals surface area contributed by atoms with Crippen molar-refractivity contribution in [2.45, 2.75) is 51.4 Å². The van der Waals surface area contributed by atoms with E-state index >= 15 is 0 Å². The summed E-state index contributed by atoms with van der Waals surface area (Å²) in [5.74, 6) is 0.803. The predicted molar refractivity (Wildman–Crippen MR) is 109 cm³/mol. The predicted octanol–water partition coefficient (Wildman–Crippen LogP) is 3.15. The molecule has 7 nitrogen and oxygen atoms in total. The molecule has 1 aromatic rings. The second kappa shape index (κ2) is 9.12. The van der Waals surface area contributed by atoms with E-state index < -0.39 is 5.25 Å². The number of ether oxygens (including phenoxy) is 2. The fourth-order valence-corrected chi connectivity index (χ4v) is 4.06. The average molecular weight is 394 g/mol. The third kappa shape index (κ3) is 5.15. The smallest absolute Gasteiger partial charge is 0.242 e. The highest BCUT2D eigenvalue weighted by atomic mass is 32.2. The van der Waals surface area contributed by atoms with Crippen LogP contribution in [0.25, 0.3) is 0 Å². The fraction of sp³-hybridized carbons (Fsp3) is 0.526. The van der Waals surface area contributed by atoms with Gasteiger partial charge >= 0.3 is 0 Å². The molecule has 1 unspecified atom stereocenters. The number of nitrogens with zero attached hydrogens (tertiary/aromatic N) is 2. The maximum Gasteiger partial charge on any atom is 0.242 e. The summed E-state index contributed by atoms with van der Waals surface area (Å²) in [7, 11) is 3.09. The van der Waals surface area contributed by atoms with Crippen molar-refractivity contribution < 1.29 is 19.1 Å². The number of aliphatic imine (C=N–C) groups is 1. The first-order chi connectivity index (χ1) is 12.8. The van der Waals surface area contributed by atoms with Gasteiger partial charge in [0.15, 0.2) is 5.17 Å². The quantitative estimate of drug-likeness (QED) is 0.770. The second-order valence-electron chi connectivity index (χ2n) is 6.73. The lowest BCUT2D eigenvalue weighted by Crippen LogP contribution is -2.38. The highest BCUT2D eigenvalue weighted by Gasteiger charge is 2.40. The molecule has 148 valence electrons. The Morgan fingerprint density at radius 1 is 1.26 bits per heavy atom. The van der Waals surface area contributed by atoms with Gasteiger partial charge in [-0.05, 0) is 39.8 Å². The van der Waals surface area contributed by atoms with Crippen LogP contribution in [0.2, 0.25) is 0 Å². The number of nitrogens with one attached hydrogen (secondary N) is 1. The molecule has 1 aliphatic rings. The minimum Gasteiger partial charge on any atom is -0.497 e. The first-order valence-corrected chi connectivity index (χ1v) is 9.74. The van der Waals surface area contributed by atoms with E-state index in [1.54, 1.807) is 30.2 Å². The molecule has 0 spiro atoms. The van der Waals surface area contributed by atoms with Gasteiger partial charge < -0.3 is 14.8 Å². The number of amides is 2. The van der Waals surface area contributed by atoms with Gasteiger partial charge in [0.25, 0.3) is 0 Å². The highest BCUT2D eigenvalue weighted by molar-refractivity contribution is 8.15. The largest absolute Gasteiger partial charge is 0.497 e. The Balaban J connectivity index is 2.11. The van der Waals surface area contributed by atoms with Crippen LogP contribution in [0.15, 0.2) is 23.2 Å². The van der Waals surface area contributed by atoms with Crippen LogP contribution in [0, 0.1) is 0 Å². The van der Waals surface area contributed by atoms with E-state index in [1.165, 1.54) is 18.9 Å². The number of hydrogen-bond donors (Lipinski definition) is 1. The van der Waals surface area contributed by atoms with Crippen LogP contribution in [0.4, 0.5) is 5.69 Å². The Bertz CT molecular complexity index is 734. The fourth-order valence-electron chi connectivity index (χ4n) is 2.67. The molecule has 2 amide bonds. The molecule has 1 heterocycles. The first kappa shape index (κ1) is 21.1. The lowest BCUT2D eigenvalue weighted by molar-refractivity contribution is -0.129. The Morgan fingerprint density at radius 3 is 2.52 bits per heavy atom. The van der Waals surface area contributed by atoms with Gasteiger partial charge in [-0.2, -0.15) is 0 Å². The number of amidine groups is 1. The summed E-state index contributed by atoms with van der Waals surface area (Å²) in [6.45, 7) is 7.82. The van der Waals surface area contributed by atoms with E-state index in [1.807, 2.05) is 27.7 Å². The molecule has 0 aromatic heterocycles. The minimum atomic E-state index is -0.478. The topological polar surface area (TPSA) is 80.2 Å². The van der Waals surface area contributed by atoms with Crippen molar-refractivity contribution in [2.75, 3.05) is 19.5 Å². The number of carbonyl (C=O) groups excluding carboxylic acids is 2. The lowest BCUT2D eigenvalue weighted by atomic mass is 10.2. The van der Waals surface area contributed by atoms with E-state index in [0.717, 1.165) is 0 Å². The second-order valence-corrected chi connectivity index (χ2v) is 7.90. The average Bonchev–Trinajstić information content (AvgIpc) is 2.89. The van der Waals surface area contributed by atoms with Crippen LogP contribution in [0.3, 0.4) is 0 Å². The van der Waals surface area contributed by atoms with Crippen LogP contribution >= 0.6 is 11.8 Å². The van der Waals surface area contributed by atoms with Crippen molar-refractivity contribution in [3.8, 4) is 11.5 Å². The Morgan fingerprint density at radius 2 is 1.96 bits per heavy atom. The maximum absolute atomic E-state index is 12.7. The Labute approximate surface area is 164 Å². The molecule has 1 fully saturated rings. The number of thioether (sulfide) groups is 1. The minimum absolute atomic E-state index is 0.00255. The molecule has 27 heavy (non-hydrogen) atoms. The molecule has 1 aromatic carbocycles. The van der Waals surface area contributed by atoms with Crippen molar-refractivity contribution in [1.29, 1.82) is 0 Å². The Hall–Kier alpha value is -2.22. The lowest BCUT2D eigenvalue weighted by Gasteiger charge is -2.21. The molecule has 8 heteroatoms. The number of hydrogen-bond acceptors (Lipinski definition) is 6. The van der Waals surface area contributed by atoms with E-state index in [9.17, 15) is 9.59 Å². The maximum atomic E-state index is 12.7. The van der Waals surface area contributed by atoms with Gasteiger partial charge in [0.2, 0.25) is 11.8 Å². The van der Waals surface area contributed by atoms with Crippen molar-refractivity contribution in [2.24, 2.45) is 4.99 Å².